The molecule has 0 bridgehead atoms. The highest BCUT2D eigenvalue weighted by molar-refractivity contribution is 7.80. The Labute approximate surface area is 165 Å². The molecule has 142 valence electrons. The Morgan fingerprint density at radius 2 is 2.07 bits per heavy atom. The standard InChI is InChI=1S/C20H16N2O5S/c1-3-8-22-18(24)15(17(23)21-20(22)28)10-13-5-7-16(27-13)14-6-4-12(19(25)26)9-11(14)2/h3-7,9-10H,1,8H2,2H3,(H,25,26)(H,21,23,28). The molecule has 1 aromatic heterocycles. The summed E-state index contributed by atoms with van der Waals surface area (Å²) in [7, 11) is 0. The second-order valence-corrected chi connectivity index (χ2v) is 6.45. The summed E-state index contributed by atoms with van der Waals surface area (Å²) in [4.78, 5) is 37.0. The lowest BCUT2D eigenvalue weighted by atomic mass is 10.0. The third kappa shape index (κ3) is 3.63. The highest BCUT2D eigenvalue weighted by atomic mass is 32.1. The first-order chi connectivity index (χ1) is 13.3. The van der Waals surface area contributed by atoms with Crippen molar-refractivity contribution >= 4 is 41.2 Å². The van der Waals surface area contributed by atoms with Crippen LogP contribution in [0.25, 0.3) is 17.4 Å². The van der Waals surface area contributed by atoms with Crippen LogP contribution in [0.15, 0.2) is 53.0 Å². The average molecular weight is 396 g/mol. The van der Waals surface area contributed by atoms with Crippen LogP contribution < -0.4 is 5.32 Å². The van der Waals surface area contributed by atoms with Crippen LogP contribution in [0.5, 0.6) is 0 Å². The number of thiocarbonyl (C=S) groups is 1. The van der Waals surface area contributed by atoms with E-state index in [1.165, 1.54) is 23.1 Å². The minimum absolute atomic E-state index is 0.0290. The van der Waals surface area contributed by atoms with Crippen LogP contribution in [0, 0.1) is 6.92 Å². The first-order valence-electron chi connectivity index (χ1n) is 8.25. The Kier molecular flexibility index (Phi) is 5.23. The quantitative estimate of drug-likeness (QED) is 0.349. The predicted octanol–water partition coefficient (Wildman–Crippen LogP) is 2.77. The van der Waals surface area contributed by atoms with Gasteiger partial charge in [0.1, 0.15) is 17.1 Å². The molecule has 0 saturated carbocycles. The van der Waals surface area contributed by atoms with Crippen molar-refractivity contribution in [3.8, 4) is 11.3 Å². The lowest BCUT2D eigenvalue weighted by molar-refractivity contribution is -0.128. The third-order valence-electron chi connectivity index (χ3n) is 4.15. The molecule has 1 aliphatic heterocycles. The van der Waals surface area contributed by atoms with Gasteiger partial charge < -0.3 is 9.52 Å². The summed E-state index contributed by atoms with van der Waals surface area (Å²) in [6, 6.07) is 7.99. The number of aryl methyl sites for hydroxylation is 1. The molecule has 1 aromatic carbocycles. The molecule has 8 heteroatoms. The van der Waals surface area contributed by atoms with E-state index in [1.807, 2.05) is 0 Å². The fourth-order valence-electron chi connectivity index (χ4n) is 2.78. The van der Waals surface area contributed by atoms with E-state index < -0.39 is 17.8 Å². The summed E-state index contributed by atoms with van der Waals surface area (Å²) in [6.45, 7) is 5.52. The van der Waals surface area contributed by atoms with E-state index in [0.717, 1.165) is 5.56 Å². The Bertz CT molecular complexity index is 1050. The number of hydrogen-bond acceptors (Lipinski definition) is 5. The lowest BCUT2D eigenvalue weighted by Gasteiger charge is -2.27. The molecular weight excluding hydrogens is 380 g/mol. The molecule has 0 spiro atoms. The number of carbonyl (C=O) groups excluding carboxylic acids is 2. The van der Waals surface area contributed by atoms with Gasteiger partial charge in [-0.25, -0.2) is 4.79 Å². The van der Waals surface area contributed by atoms with E-state index in [1.54, 1.807) is 31.2 Å². The van der Waals surface area contributed by atoms with E-state index in [4.69, 9.17) is 21.7 Å². The molecule has 1 aliphatic rings. The minimum Gasteiger partial charge on any atom is -0.478 e. The van der Waals surface area contributed by atoms with Crippen molar-refractivity contribution in [3.05, 3.63) is 65.4 Å². The number of carboxylic acid groups (broad SMARTS) is 1. The van der Waals surface area contributed by atoms with Crippen molar-refractivity contribution in [1.29, 1.82) is 0 Å². The minimum atomic E-state index is -1.01. The van der Waals surface area contributed by atoms with Gasteiger partial charge in [0, 0.05) is 12.1 Å². The van der Waals surface area contributed by atoms with Crippen molar-refractivity contribution in [2.75, 3.05) is 6.54 Å². The van der Waals surface area contributed by atoms with Crippen molar-refractivity contribution in [3.63, 3.8) is 0 Å². The highest BCUT2D eigenvalue weighted by Crippen LogP contribution is 2.27. The number of hydrogen-bond donors (Lipinski definition) is 2. The Morgan fingerprint density at radius 3 is 2.71 bits per heavy atom. The van der Waals surface area contributed by atoms with Gasteiger partial charge in [-0.3, -0.25) is 19.8 Å². The molecule has 7 nitrogen and oxygen atoms in total. The molecule has 1 saturated heterocycles. The Balaban J connectivity index is 1.92. The second-order valence-electron chi connectivity index (χ2n) is 6.06. The maximum atomic E-state index is 12.5. The number of rotatable bonds is 5. The van der Waals surface area contributed by atoms with Crippen LogP contribution in [0.1, 0.15) is 21.7 Å². The molecule has 0 atom stereocenters. The summed E-state index contributed by atoms with van der Waals surface area (Å²) in [5, 5.41) is 11.6. The van der Waals surface area contributed by atoms with Gasteiger partial charge in [-0.15, -0.1) is 6.58 Å². The molecule has 0 aliphatic carbocycles. The van der Waals surface area contributed by atoms with Crippen molar-refractivity contribution in [2.24, 2.45) is 0 Å². The SMILES string of the molecule is C=CCN1C(=O)C(=Cc2ccc(-c3ccc(C(=O)O)cc3C)o2)C(=O)NC1=S. The monoisotopic (exact) mass is 396 g/mol. The number of furan rings is 1. The molecular formula is C20H16N2O5S. The van der Waals surface area contributed by atoms with E-state index >= 15 is 0 Å². The fraction of sp³-hybridized carbons (Fsp3) is 0.100. The maximum absolute atomic E-state index is 12.5. The van der Waals surface area contributed by atoms with Crippen LogP contribution >= 0.6 is 12.2 Å². The van der Waals surface area contributed by atoms with Gasteiger partial charge in [-0.2, -0.15) is 0 Å². The third-order valence-corrected chi connectivity index (χ3v) is 4.47. The zero-order valence-corrected chi connectivity index (χ0v) is 15.7. The summed E-state index contributed by atoms with van der Waals surface area (Å²) in [5.41, 5.74) is 1.51. The van der Waals surface area contributed by atoms with Gasteiger partial charge >= 0.3 is 5.97 Å². The lowest BCUT2D eigenvalue weighted by Crippen LogP contribution is -2.53. The zero-order chi connectivity index (χ0) is 20.4. The molecule has 2 heterocycles. The molecule has 1 fully saturated rings. The van der Waals surface area contributed by atoms with Crippen molar-refractivity contribution in [1.82, 2.24) is 10.2 Å². The van der Waals surface area contributed by atoms with Crippen LogP contribution in [0.2, 0.25) is 0 Å². The number of carbonyl (C=O) groups is 3. The molecule has 0 radical (unpaired) electrons. The number of aromatic carboxylic acids is 1. The molecule has 3 rings (SSSR count). The number of carboxylic acids is 1. The topological polar surface area (TPSA) is 99.8 Å². The van der Waals surface area contributed by atoms with Gasteiger partial charge in [0.05, 0.1) is 5.56 Å². The van der Waals surface area contributed by atoms with E-state index in [9.17, 15) is 14.4 Å². The smallest absolute Gasteiger partial charge is 0.335 e. The Morgan fingerprint density at radius 1 is 1.32 bits per heavy atom. The summed E-state index contributed by atoms with van der Waals surface area (Å²) in [6.07, 6.45) is 2.85. The summed E-state index contributed by atoms with van der Waals surface area (Å²) >= 11 is 5.01. The first kappa shape index (κ1) is 19.2. The average Bonchev–Trinajstić information content (AvgIpc) is 3.10. The van der Waals surface area contributed by atoms with E-state index in [-0.39, 0.29) is 22.8 Å². The van der Waals surface area contributed by atoms with Crippen LogP contribution in [0.4, 0.5) is 0 Å². The molecule has 0 unspecified atom stereocenters. The van der Waals surface area contributed by atoms with Gasteiger partial charge in [0.25, 0.3) is 11.8 Å². The number of benzene rings is 1. The predicted molar refractivity (Wildman–Crippen MR) is 106 cm³/mol. The maximum Gasteiger partial charge on any atom is 0.335 e. The summed E-state index contributed by atoms with van der Waals surface area (Å²) in [5.74, 6) is -1.35. The molecule has 2 N–H and O–H groups in total. The number of nitrogens with zero attached hydrogens (tertiary/aromatic N) is 1. The van der Waals surface area contributed by atoms with E-state index in [0.29, 0.717) is 17.1 Å². The number of nitrogens with one attached hydrogen (secondary N) is 1. The van der Waals surface area contributed by atoms with Crippen LogP contribution in [-0.4, -0.2) is 39.4 Å². The van der Waals surface area contributed by atoms with Gasteiger partial charge in [0.2, 0.25) is 0 Å². The van der Waals surface area contributed by atoms with Gasteiger partial charge in [-0.05, 0) is 55.0 Å². The van der Waals surface area contributed by atoms with Gasteiger partial charge in [0.15, 0.2) is 5.11 Å². The first-order valence-corrected chi connectivity index (χ1v) is 8.66. The van der Waals surface area contributed by atoms with Crippen molar-refractivity contribution < 1.29 is 23.9 Å². The van der Waals surface area contributed by atoms with Crippen LogP contribution in [-0.2, 0) is 9.59 Å². The van der Waals surface area contributed by atoms with Crippen molar-refractivity contribution in [2.45, 2.75) is 6.92 Å². The summed E-state index contributed by atoms with van der Waals surface area (Å²) < 4.78 is 5.74. The fourth-order valence-corrected chi connectivity index (χ4v) is 3.03. The Hall–Kier alpha value is -3.52. The highest BCUT2D eigenvalue weighted by Gasteiger charge is 2.32. The largest absolute Gasteiger partial charge is 0.478 e. The molecule has 2 amide bonds. The zero-order valence-electron chi connectivity index (χ0n) is 14.9. The second kappa shape index (κ2) is 7.61. The van der Waals surface area contributed by atoms with E-state index in [2.05, 4.69) is 11.9 Å². The normalized spacial score (nSPS) is 15.7. The molecule has 2 aromatic rings. The molecule has 28 heavy (non-hydrogen) atoms. The van der Waals surface area contributed by atoms with Crippen LogP contribution in [0.3, 0.4) is 0 Å². The van der Waals surface area contributed by atoms with Gasteiger partial charge in [-0.1, -0.05) is 12.1 Å². The number of amides is 2.